The van der Waals surface area contributed by atoms with E-state index in [1.807, 2.05) is 42.2 Å². The topological polar surface area (TPSA) is 93.5 Å². The molecule has 0 saturated carbocycles. The zero-order valence-corrected chi connectivity index (χ0v) is 20.1. The Morgan fingerprint density at radius 1 is 1.14 bits per heavy atom. The highest BCUT2D eigenvalue weighted by atomic mass is 16.5. The second kappa shape index (κ2) is 10.2. The number of hydrogen-bond donors (Lipinski definition) is 1. The van der Waals surface area contributed by atoms with Crippen molar-refractivity contribution in [3.05, 3.63) is 60.1 Å². The molecular weight excluding hydrogens is 444 g/mol. The Kier molecular flexibility index (Phi) is 6.70. The highest BCUT2D eigenvalue weighted by Gasteiger charge is 2.26. The maximum atomic E-state index is 12.8. The molecule has 35 heavy (non-hydrogen) atoms. The van der Waals surface area contributed by atoms with Gasteiger partial charge in [0, 0.05) is 48.6 Å². The van der Waals surface area contributed by atoms with Crippen LogP contribution in [0.3, 0.4) is 0 Å². The van der Waals surface area contributed by atoms with E-state index in [1.165, 1.54) is 10.9 Å². The molecule has 0 aliphatic carbocycles. The van der Waals surface area contributed by atoms with E-state index in [-0.39, 0.29) is 5.91 Å². The number of aryl methyl sites for hydroxylation is 1. The molecule has 0 spiro atoms. The number of hydrogen-bond acceptors (Lipinski definition) is 6. The molecule has 1 fully saturated rings. The summed E-state index contributed by atoms with van der Waals surface area (Å²) in [6.45, 7) is 4.07. The second-order valence-electron chi connectivity index (χ2n) is 8.78. The molecule has 0 bridgehead atoms. The molecule has 5 rings (SSSR count). The van der Waals surface area contributed by atoms with E-state index in [4.69, 9.17) is 14.0 Å². The van der Waals surface area contributed by atoms with Crippen molar-refractivity contribution in [1.82, 2.24) is 20.0 Å². The van der Waals surface area contributed by atoms with Gasteiger partial charge in [0.05, 0.1) is 13.7 Å². The molecule has 0 unspecified atom stereocenters. The van der Waals surface area contributed by atoms with Crippen LogP contribution in [0.4, 0.5) is 0 Å². The number of benzene rings is 2. The van der Waals surface area contributed by atoms with E-state index in [2.05, 4.69) is 33.5 Å². The average Bonchev–Trinajstić information content (AvgIpc) is 3.55. The molecular formula is C27H30N4O4. The third kappa shape index (κ3) is 5.01. The molecule has 3 heterocycles. The van der Waals surface area contributed by atoms with Gasteiger partial charge in [-0.3, -0.25) is 4.79 Å². The van der Waals surface area contributed by atoms with Crippen LogP contribution in [0.5, 0.6) is 11.5 Å². The minimum absolute atomic E-state index is 0.130. The number of H-pyrrole nitrogens is 1. The molecule has 1 amide bonds. The Hall–Kier alpha value is -3.81. The Bertz CT molecular complexity index is 1290. The average molecular weight is 475 g/mol. The van der Waals surface area contributed by atoms with Gasteiger partial charge in [-0.1, -0.05) is 5.16 Å². The number of piperidine rings is 1. The maximum absolute atomic E-state index is 12.8. The Balaban J connectivity index is 1.14. The maximum Gasteiger partial charge on any atom is 0.227 e. The first-order valence-electron chi connectivity index (χ1n) is 12.1. The molecule has 0 radical (unpaired) electrons. The standard InChI is InChI=1S/C27H30N4O4/c1-3-34-20-6-4-19(5-7-20)27-29-25(35-30-27)10-11-26(32)31-14-12-18(13-15-31)23-17-28-24-9-8-21(33-2)16-22(23)24/h4-9,16-18,28H,3,10-15H2,1-2H3. The van der Waals surface area contributed by atoms with Gasteiger partial charge >= 0.3 is 0 Å². The largest absolute Gasteiger partial charge is 0.497 e. The van der Waals surface area contributed by atoms with Gasteiger partial charge in [0.15, 0.2) is 0 Å². The zero-order valence-electron chi connectivity index (χ0n) is 20.1. The number of amides is 1. The first kappa shape index (κ1) is 23.0. The number of carbonyl (C=O) groups excluding carboxylic acids is 1. The van der Waals surface area contributed by atoms with Crippen molar-refractivity contribution in [2.45, 2.75) is 38.5 Å². The number of aromatic nitrogens is 3. The van der Waals surface area contributed by atoms with Crippen molar-refractivity contribution in [3.8, 4) is 22.9 Å². The van der Waals surface area contributed by atoms with Gasteiger partial charge in [-0.05, 0) is 73.7 Å². The van der Waals surface area contributed by atoms with Crippen molar-refractivity contribution in [2.75, 3.05) is 26.8 Å². The van der Waals surface area contributed by atoms with E-state index < -0.39 is 0 Å². The highest BCUT2D eigenvalue weighted by Crippen LogP contribution is 2.35. The van der Waals surface area contributed by atoms with Crippen LogP contribution < -0.4 is 9.47 Å². The number of fused-ring (bicyclic) bond motifs is 1. The van der Waals surface area contributed by atoms with E-state index in [1.54, 1.807) is 7.11 Å². The summed E-state index contributed by atoms with van der Waals surface area (Å²) in [7, 11) is 1.69. The number of likely N-dealkylation sites (tertiary alicyclic amines) is 1. The lowest BCUT2D eigenvalue weighted by atomic mass is 9.89. The van der Waals surface area contributed by atoms with Crippen LogP contribution >= 0.6 is 0 Å². The summed E-state index contributed by atoms with van der Waals surface area (Å²) in [5.74, 6) is 3.21. The molecule has 1 N–H and O–H groups in total. The summed E-state index contributed by atoms with van der Waals surface area (Å²) in [4.78, 5) is 22.6. The number of rotatable bonds is 8. The third-order valence-corrected chi connectivity index (χ3v) is 6.65. The van der Waals surface area contributed by atoms with Crippen LogP contribution in [0.1, 0.15) is 43.6 Å². The van der Waals surface area contributed by atoms with Crippen molar-refractivity contribution < 1.29 is 18.8 Å². The SMILES string of the molecule is CCOc1ccc(-c2noc(CCC(=O)N3CCC(c4c[nH]c5ccc(OC)cc45)CC3)n2)cc1. The molecule has 8 heteroatoms. The molecule has 1 aliphatic rings. The number of carbonyl (C=O) groups is 1. The lowest BCUT2D eigenvalue weighted by Crippen LogP contribution is -2.38. The van der Waals surface area contributed by atoms with Crippen LogP contribution in [0.25, 0.3) is 22.3 Å². The molecule has 2 aromatic heterocycles. The van der Waals surface area contributed by atoms with Crippen LogP contribution in [0.15, 0.2) is 53.2 Å². The fraction of sp³-hybridized carbons (Fsp3) is 0.370. The minimum Gasteiger partial charge on any atom is -0.497 e. The third-order valence-electron chi connectivity index (χ3n) is 6.65. The van der Waals surface area contributed by atoms with Gasteiger partial charge < -0.3 is 23.9 Å². The quantitative estimate of drug-likeness (QED) is 0.388. The normalized spacial score (nSPS) is 14.4. The van der Waals surface area contributed by atoms with Crippen LogP contribution in [0.2, 0.25) is 0 Å². The summed E-state index contributed by atoms with van der Waals surface area (Å²) < 4.78 is 16.2. The Morgan fingerprint density at radius 3 is 2.66 bits per heavy atom. The van der Waals surface area contributed by atoms with Crippen molar-refractivity contribution in [2.24, 2.45) is 0 Å². The van der Waals surface area contributed by atoms with Gasteiger partial charge in [-0.15, -0.1) is 0 Å². The molecule has 4 aromatic rings. The van der Waals surface area contributed by atoms with Crippen LogP contribution in [0, 0.1) is 0 Å². The van der Waals surface area contributed by atoms with E-state index >= 15 is 0 Å². The number of nitrogens with zero attached hydrogens (tertiary/aromatic N) is 3. The summed E-state index contributed by atoms with van der Waals surface area (Å²) in [6, 6.07) is 13.7. The van der Waals surface area contributed by atoms with Gasteiger partial charge in [-0.2, -0.15) is 4.98 Å². The van der Waals surface area contributed by atoms with Gasteiger partial charge in [-0.25, -0.2) is 0 Å². The summed E-state index contributed by atoms with van der Waals surface area (Å²) in [6.07, 6.45) is 4.78. The van der Waals surface area contributed by atoms with Crippen LogP contribution in [-0.4, -0.2) is 52.7 Å². The molecule has 2 aromatic carbocycles. The fourth-order valence-corrected chi connectivity index (χ4v) is 4.74. The minimum atomic E-state index is 0.130. The Morgan fingerprint density at radius 2 is 1.91 bits per heavy atom. The molecule has 182 valence electrons. The lowest BCUT2D eigenvalue weighted by Gasteiger charge is -2.32. The van der Waals surface area contributed by atoms with Crippen molar-refractivity contribution in [3.63, 3.8) is 0 Å². The van der Waals surface area contributed by atoms with Crippen molar-refractivity contribution in [1.29, 1.82) is 0 Å². The number of aromatic amines is 1. The summed E-state index contributed by atoms with van der Waals surface area (Å²) in [5, 5.41) is 5.27. The van der Waals surface area contributed by atoms with E-state index in [0.717, 1.165) is 48.5 Å². The smallest absolute Gasteiger partial charge is 0.227 e. The molecule has 0 atom stereocenters. The first-order valence-corrected chi connectivity index (χ1v) is 12.1. The lowest BCUT2D eigenvalue weighted by molar-refractivity contribution is -0.132. The summed E-state index contributed by atoms with van der Waals surface area (Å²) >= 11 is 0. The molecule has 8 nitrogen and oxygen atoms in total. The van der Waals surface area contributed by atoms with Gasteiger partial charge in [0.1, 0.15) is 11.5 Å². The second-order valence-corrected chi connectivity index (χ2v) is 8.78. The number of ether oxygens (including phenoxy) is 2. The monoisotopic (exact) mass is 474 g/mol. The molecule has 1 aliphatic heterocycles. The molecule has 1 saturated heterocycles. The first-order chi connectivity index (χ1) is 17.1. The van der Waals surface area contributed by atoms with Gasteiger partial charge in [0.25, 0.3) is 0 Å². The van der Waals surface area contributed by atoms with Gasteiger partial charge in [0.2, 0.25) is 17.6 Å². The predicted octanol–water partition coefficient (Wildman–Crippen LogP) is 4.96. The Labute approximate surface area is 204 Å². The number of nitrogens with one attached hydrogen (secondary N) is 1. The van der Waals surface area contributed by atoms with E-state index in [9.17, 15) is 4.79 Å². The predicted molar refractivity (Wildman–Crippen MR) is 133 cm³/mol. The van der Waals surface area contributed by atoms with Crippen molar-refractivity contribution >= 4 is 16.8 Å². The fourth-order valence-electron chi connectivity index (χ4n) is 4.74. The zero-order chi connectivity index (χ0) is 24.2. The summed E-state index contributed by atoms with van der Waals surface area (Å²) in [5.41, 5.74) is 3.27. The van der Waals surface area contributed by atoms with E-state index in [0.29, 0.717) is 37.1 Å². The highest BCUT2D eigenvalue weighted by molar-refractivity contribution is 5.85. The number of methoxy groups -OCH3 is 1. The van der Waals surface area contributed by atoms with Crippen LogP contribution in [-0.2, 0) is 11.2 Å².